The Hall–Kier alpha value is -2.01. The lowest BCUT2D eigenvalue weighted by Gasteiger charge is -2.15. The first-order valence-corrected chi connectivity index (χ1v) is 5.74. The van der Waals surface area contributed by atoms with Gasteiger partial charge in [-0.2, -0.15) is 0 Å². The summed E-state index contributed by atoms with van der Waals surface area (Å²) >= 11 is 0. The molecule has 0 saturated carbocycles. The number of nitrogens with one attached hydrogen (secondary N) is 1. The minimum Gasteiger partial charge on any atom is -0.496 e. The molecule has 5 heteroatoms. The van der Waals surface area contributed by atoms with Crippen LogP contribution in [0.5, 0.6) is 17.4 Å². The van der Waals surface area contributed by atoms with E-state index >= 15 is 0 Å². The Kier molecular flexibility index (Phi) is 3.53. The molecule has 1 heterocycles. The first-order chi connectivity index (χ1) is 8.61. The van der Waals surface area contributed by atoms with Gasteiger partial charge in [-0.1, -0.05) is 6.07 Å². The normalized spacial score (nSPS) is 12.2. The number of hydrogen-bond acceptors (Lipinski definition) is 4. The predicted molar refractivity (Wildman–Crippen MR) is 69.0 cm³/mol. The van der Waals surface area contributed by atoms with E-state index in [0.717, 1.165) is 17.0 Å². The highest BCUT2D eigenvalue weighted by atomic mass is 16.5. The van der Waals surface area contributed by atoms with Crippen LogP contribution in [-0.4, -0.2) is 17.3 Å². The molecule has 0 bridgehead atoms. The second kappa shape index (κ2) is 5.10. The molecule has 0 spiro atoms. The molecule has 1 aromatic carbocycles. The molecule has 2 rings (SSSR count). The van der Waals surface area contributed by atoms with Gasteiger partial charge in [0, 0.05) is 17.8 Å². The summed E-state index contributed by atoms with van der Waals surface area (Å²) in [4.78, 5) is 0. The number of nitrogens with two attached hydrogens (primary N) is 1. The Bertz CT molecular complexity index is 535. The Morgan fingerprint density at radius 3 is 2.61 bits per heavy atom. The van der Waals surface area contributed by atoms with E-state index in [1.54, 1.807) is 7.11 Å². The summed E-state index contributed by atoms with van der Waals surface area (Å²) in [5.41, 5.74) is 7.74. The van der Waals surface area contributed by atoms with Crippen molar-refractivity contribution in [1.82, 2.24) is 10.2 Å². The monoisotopic (exact) mass is 247 g/mol. The van der Waals surface area contributed by atoms with Crippen LogP contribution in [-0.2, 0) is 0 Å². The van der Waals surface area contributed by atoms with Gasteiger partial charge >= 0.3 is 0 Å². The molecule has 96 valence electrons. The smallest absolute Gasteiger partial charge is 0.238 e. The SMILES string of the molecule is COc1cccc(Oc2cc(C)[nH]n2)c1[C@@H](C)N. The lowest BCUT2D eigenvalue weighted by molar-refractivity contribution is 0.395. The van der Waals surface area contributed by atoms with Crippen LogP contribution in [0.3, 0.4) is 0 Å². The summed E-state index contributed by atoms with van der Waals surface area (Å²) < 4.78 is 11.0. The van der Waals surface area contributed by atoms with Gasteiger partial charge in [0.25, 0.3) is 0 Å². The fraction of sp³-hybridized carbons (Fsp3) is 0.308. The summed E-state index contributed by atoms with van der Waals surface area (Å²) in [5.74, 6) is 1.90. The highest BCUT2D eigenvalue weighted by Crippen LogP contribution is 2.35. The van der Waals surface area contributed by atoms with E-state index in [0.29, 0.717) is 11.6 Å². The number of aromatic nitrogens is 2. The molecule has 1 aromatic heterocycles. The molecule has 0 amide bonds. The molecule has 0 aliphatic rings. The molecular formula is C13H17N3O2. The second-order valence-electron chi connectivity index (χ2n) is 4.15. The van der Waals surface area contributed by atoms with Gasteiger partial charge in [-0.05, 0) is 26.0 Å². The Labute approximate surface area is 106 Å². The number of aromatic amines is 1. The molecular weight excluding hydrogens is 230 g/mol. The van der Waals surface area contributed by atoms with Crippen LogP contribution in [0.1, 0.15) is 24.2 Å². The number of nitrogens with zero attached hydrogens (tertiary/aromatic N) is 1. The van der Waals surface area contributed by atoms with Crippen molar-refractivity contribution in [2.45, 2.75) is 19.9 Å². The van der Waals surface area contributed by atoms with Crippen molar-refractivity contribution in [3.63, 3.8) is 0 Å². The Morgan fingerprint density at radius 2 is 2.06 bits per heavy atom. The van der Waals surface area contributed by atoms with Gasteiger partial charge in [0.05, 0.1) is 12.7 Å². The quantitative estimate of drug-likeness (QED) is 0.870. The molecule has 18 heavy (non-hydrogen) atoms. The van der Waals surface area contributed by atoms with E-state index in [2.05, 4.69) is 10.2 Å². The van der Waals surface area contributed by atoms with Gasteiger partial charge < -0.3 is 15.2 Å². The molecule has 0 aliphatic heterocycles. The third kappa shape index (κ3) is 2.46. The lowest BCUT2D eigenvalue weighted by atomic mass is 10.1. The number of rotatable bonds is 4. The topological polar surface area (TPSA) is 73.2 Å². The lowest BCUT2D eigenvalue weighted by Crippen LogP contribution is -2.08. The van der Waals surface area contributed by atoms with E-state index in [4.69, 9.17) is 15.2 Å². The van der Waals surface area contributed by atoms with Crippen molar-refractivity contribution in [1.29, 1.82) is 0 Å². The largest absolute Gasteiger partial charge is 0.496 e. The van der Waals surface area contributed by atoms with Gasteiger partial charge in [0.1, 0.15) is 11.5 Å². The van der Waals surface area contributed by atoms with Crippen molar-refractivity contribution in [2.24, 2.45) is 5.73 Å². The van der Waals surface area contributed by atoms with Crippen molar-refractivity contribution in [3.8, 4) is 17.4 Å². The van der Waals surface area contributed by atoms with Crippen molar-refractivity contribution in [3.05, 3.63) is 35.5 Å². The van der Waals surface area contributed by atoms with E-state index in [1.165, 1.54) is 0 Å². The maximum absolute atomic E-state index is 5.96. The highest BCUT2D eigenvalue weighted by molar-refractivity contribution is 5.47. The zero-order valence-corrected chi connectivity index (χ0v) is 10.7. The fourth-order valence-corrected chi connectivity index (χ4v) is 1.80. The summed E-state index contributed by atoms with van der Waals surface area (Å²) in [6.45, 7) is 3.80. The Morgan fingerprint density at radius 1 is 1.33 bits per heavy atom. The van der Waals surface area contributed by atoms with Crippen molar-refractivity contribution < 1.29 is 9.47 Å². The summed E-state index contributed by atoms with van der Waals surface area (Å²) in [6, 6.07) is 7.22. The maximum Gasteiger partial charge on any atom is 0.238 e. The summed E-state index contributed by atoms with van der Waals surface area (Å²) in [5, 5.41) is 6.87. The highest BCUT2D eigenvalue weighted by Gasteiger charge is 2.15. The number of aryl methyl sites for hydroxylation is 1. The van der Waals surface area contributed by atoms with Gasteiger partial charge in [-0.15, -0.1) is 5.10 Å². The van der Waals surface area contributed by atoms with Crippen LogP contribution in [0.4, 0.5) is 0 Å². The molecule has 0 radical (unpaired) electrons. The summed E-state index contributed by atoms with van der Waals surface area (Å²) in [7, 11) is 1.61. The van der Waals surface area contributed by atoms with E-state index in [-0.39, 0.29) is 6.04 Å². The zero-order chi connectivity index (χ0) is 13.1. The number of methoxy groups -OCH3 is 1. The van der Waals surface area contributed by atoms with Gasteiger partial charge in [-0.3, -0.25) is 5.10 Å². The van der Waals surface area contributed by atoms with Crippen LogP contribution in [0.25, 0.3) is 0 Å². The number of benzene rings is 1. The molecule has 1 atom stereocenters. The average molecular weight is 247 g/mol. The molecule has 0 aliphatic carbocycles. The van der Waals surface area contributed by atoms with Crippen LogP contribution in [0.2, 0.25) is 0 Å². The number of H-pyrrole nitrogens is 1. The molecule has 0 saturated heterocycles. The fourth-order valence-electron chi connectivity index (χ4n) is 1.80. The zero-order valence-electron chi connectivity index (χ0n) is 10.7. The third-order valence-corrected chi connectivity index (χ3v) is 2.60. The Balaban J connectivity index is 2.37. The van der Waals surface area contributed by atoms with Gasteiger partial charge in [0.15, 0.2) is 0 Å². The maximum atomic E-state index is 5.96. The number of hydrogen-bond donors (Lipinski definition) is 2. The van der Waals surface area contributed by atoms with Gasteiger partial charge in [-0.25, -0.2) is 0 Å². The van der Waals surface area contributed by atoms with Crippen molar-refractivity contribution >= 4 is 0 Å². The minimum absolute atomic E-state index is 0.184. The molecule has 0 fully saturated rings. The summed E-state index contributed by atoms with van der Waals surface area (Å²) in [6.07, 6.45) is 0. The predicted octanol–water partition coefficient (Wildman–Crippen LogP) is 2.54. The van der Waals surface area contributed by atoms with Crippen LogP contribution in [0.15, 0.2) is 24.3 Å². The third-order valence-electron chi connectivity index (χ3n) is 2.60. The van der Waals surface area contributed by atoms with E-state index < -0.39 is 0 Å². The van der Waals surface area contributed by atoms with E-state index in [9.17, 15) is 0 Å². The van der Waals surface area contributed by atoms with Crippen LogP contribution < -0.4 is 15.2 Å². The first kappa shape index (κ1) is 12.4. The minimum atomic E-state index is -0.184. The van der Waals surface area contributed by atoms with Gasteiger partial charge in [0.2, 0.25) is 5.88 Å². The standard InChI is InChI=1S/C13H17N3O2/c1-8-7-12(16-15-8)18-11-6-4-5-10(17-3)13(11)9(2)14/h4-7,9H,14H2,1-3H3,(H,15,16)/t9-/m1/s1. The van der Waals surface area contributed by atoms with Crippen LogP contribution in [0, 0.1) is 6.92 Å². The number of ether oxygens (including phenoxy) is 2. The van der Waals surface area contributed by atoms with Crippen LogP contribution >= 0.6 is 0 Å². The van der Waals surface area contributed by atoms with Crippen molar-refractivity contribution in [2.75, 3.05) is 7.11 Å². The first-order valence-electron chi connectivity index (χ1n) is 5.74. The molecule has 0 unspecified atom stereocenters. The van der Waals surface area contributed by atoms with E-state index in [1.807, 2.05) is 38.1 Å². The molecule has 2 aromatic rings. The molecule has 3 N–H and O–H groups in total. The molecule has 5 nitrogen and oxygen atoms in total. The second-order valence-corrected chi connectivity index (χ2v) is 4.15. The average Bonchev–Trinajstić information content (AvgIpc) is 2.74.